The second kappa shape index (κ2) is 7.01. The lowest BCUT2D eigenvalue weighted by Gasteiger charge is -2.21. The van der Waals surface area contributed by atoms with Gasteiger partial charge >= 0.3 is 0 Å². The lowest BCUT2D eigenvalue weighted by atomic mass is 9.94. The van der Waals surface area contributed by atoms with Crippen LogP contribution >= 0.6 is 23.2 Å². The van der Waals surface area contributed by atoms with Crippen LogP contribution in [-0.2, 0) is 16.6 Å². The second-order valence-corrected chi connectivity index (χ2v) is 7.53. The minimum absolute atomic E-state index is 0.0549. The fourth-order valence-corrected chi connectivity index (χ4v) is 3.82. The van der Waals surface area contributed by atoms with E-state index in [0.717, 1.165) is 35.5 Å². The molecule has 0 radical (unpaired) electrons. The standard InChI is InChI=1S/C20H19Cl2NO3/c21-15-3-1-13(16(22)12-15)5-8-23-19(24)20(6-7-20)14-2-4-17-18(11-14)26-10-9-25-17/h1-4,11-12H,5-10H2,(H,23,24). The topological polar surface area (TPSA) is 47.6 Å². The zero-order valence-corrected chi connectivity index (χ0v) is 15.7. The summed E-state index contributed by atoms with van der Waals surface area (Å²) in [5.41, 5.74) is 1.52. The first-order valence-electron chi connectivity index (χ1n) is 8.71. The molecule has 0 saturated heterocycles. The summed E-state index contributed by atoms with van der Waals surface area (Å²) in [7, 11) is 0. The van der Waals surface area contributed by atoms with Gasteiger partial charge in [-0.1, -0.05) is 35.3 Å². The van der Waals surface area contributed by atoms with Gasteiger partial charge in [0.1, 0.15) is 13.2 Å². The highest BCUT2D eigenvalue weighted by Crippen LogP contribution is 2.50. The normalized spacial score (nSPS) is 16.8. The molecule has 26 heavy (non-hydrogen) atoms. The fraction of sp³-hybridized carbons (Fsp3) is 0.350. The monoisotopic (exact) mass is 391 g/mol. The van der Waals surface area contributed by atoms with E-state index in [1.165, 1.54) is 0 Å². The molecule has 0 bridgehead atoms. The van der Waals surface area contributed by atoms with E-state index in [1.54, 1.807) is 6.07 Å². The van der Waals surface area contributed by atoms with Crippen LogP contribution in [0.1, 0.15) is 24.0 Å². The summed E-state index contributed by atoms with van der Waals surface area (Å²) in [6.07, 6.45) is 2.36. The smallest absolute Gasteiger partial charge is 0.230 e. The van der Waals surface area contributed by atoms with Crippen LogP contribution in [0.5, 0.6) is 11.5 Å². The number of rotatable bonds is 5. The van der Waals surface area contributed by atoms with E-state index in [2.05, 4.69) is 5.32 Å². The molecule has 6 heteroatoms. The van der Waals surface area contributed by atoms with Crippen LogP contribution in [0, 0.1) is 0 Å². The van der Waals surface area contributed by atoms with E-state index < -0.39 is 5.41 Å². The van der Waals surface area contributed by atoms with Crippen LogP contribution in [0.3, 0.4) is 0 Å². The Morgan fingerprint density at radius 2 is 1.81 bits per heavy atom. The lowest BCUT2D eigenvalue weighted by Crippen LogP contribution is -2.36. The van der Waals surface area contributed by atoms with E-state index >= 15 is 0 Å². The number of carbonyl (C=O) groups excluding carboxylic acids is 1. The Bertz CT molecular complexity index is 849. The van der Waals surface area contributed by atoms with E-state index in [0.29, 0.717) is 36.2 Å². The van der Waals surface area contributed by atoms with Crippen LogP contribution in [0.25, 0.3) is 0 Å². The van der Waals surface area contributed by atoms with E-state index in [4.69, 9.17) is 32.7 Å². The first-order valence-corrected chi connectivity index (χ1v) is 9.46. The quantitative estimate of drug-likeness (QED) is 0.832. The molecule has 0 atom stereocenters. The SMILES string of the molecule is O=C(NCCc1ccc(Cl)cc1Cl)C1(c2ccc3c(c2)OCCO3)CC1. The van der Waals surface area contributed by atoms with Crippen molar-refractivity contribution in [3.05, 3.63) is 57.6 Å². The highest BCUT2D eigenvalue weighted by atomic mass is 35.5. The summed E-state index contributed by atoms with van der Waals surface area (Å²) >= 11 is 12.1. The minimum atomic E-state index is -0.445. The molecule has 0 spiro atoms. The number of nitrogens with one attached hydrogen (secondary N) is 1. The van der Waals surface area contributed by atoms with Crippen molar-refractivity contribution in [2.75, 3.05) is 19.8 Å². The van der Waals surface area contributed by atoms with Crippen LogP contribution in [0.2, 0.25) is 10.0 Å². The summed E-state index contributed by atoms with van der Waals surface area (Å²) < 4.78 is 11.2. The van der Waals surface area contributed by atoms with E-state index in [9.17, 15) is 4.79 Å². The summed E-state index contributed by atoms with van der Waals surface area (Å²) in [6, 6.07) is 11.2. The third kappa shape index (κ3) is 3.36. The summed E-state index contributed by atoms with van der Waals surface area (Å²) in [5.74, 6) is 1.52. The molecule has 1 N–H and O–H groups in total. The first-order chi connectivity index (χ1) is 12.6. The predicted octanol–water partition coefficient (Wildman–Crippen LogP) is 4.16. The summed E-state index contributed by atoms with van der Waals surface area (Å²) in [4.78, 5) is 12.8. The maximum atomic E-state index is 12.8. The largest absolute Gasteiger partial charge is 0.486 e. The molecule has 1 saturated carbocycles. The number of ether oxygens (including phenoxy) is 2. The molecule has 0 aromatic heterocycles. The van der Waals surface area contributed by atoms with Crippen molar-refractivity contribution >= 4 is 29.1 Å². The van der Waals surface area contributed by atoms with Crippen LogP contribution < -0.4 is 14.8 Å². The molecule has 1 heterocycles. The Labute approximate surface area is 162 Å². The Kier molecular flexibility index (Phi) is 4.72. The third-order valence-electron chi connectivity index (χ3n) is 4.97. The van der Waals surface area contributed by atoms with Gasteiger partial charge in [0.2, 0.25) is 5.91 Å². The van der Waals surface area contributed by atoms with Crippen molar-refractivity contribution in [2.45, 2.75) is 24.7 Å². The molecule has 0 unspecified atom stereocenters. The highest BCUT2D eigenvalue weighted by Gasteiger charge is 2.51. The van der Waals surface area contributed by atoms with Crippen molar-refractivity contribution in [3.63, 3.8) is 0 Å². The molecule has 1 amide bonds. The minimum Gasteiger partial charge on any atom is -0.486 e. The van der Waals surface area contributed by atoms with Gasteiger partial charge in [-0.2, -0.15) is 0 Å². The Morgan fingerprint density at radius 3 is 2.54 bits per heavy atom. The van der Waals surface area contributed by atoms with Crippen molar-refractivity contribution in [3.8, 4) is 11.5 Å². The Morgan fingerprint density at radius 1 is 1.04 bits per heavy atom. The molecule has 4 nitrogen and oxygen atoms in total. The summed E-state index contributed by atoms with van der Waals surface area (Å²) in [6.45, 7) is 1.63. The van der Waals surface area contributed by atoms with Crippen LogP contribution in [-0.4, -0.2) is 25.7 Å². The molecule has 2 aliphatic rings. The predicted molar refractivity (Wildman–Crippen MR) is 102 cm³/mol. The molecular formula is C20H19Cl2NO3. The third-order valence-corrected chi connectivity index (χ3v) is 5.56. The van der Waals surface area contributed by atoms with Gasteiger partial charge in [0.05, 0.1) is 5.41 Å². The number of benzene rings is 2. The van der Waals surface area contributed by atoms with E-state index in [-0.39, 0.29) is 5.91 Å². The van der Waals surface area contributed by atoms with Crippen molar-refractivity contribution in [2.24, 2.45) is 0 Å². The zero-order chi connectivity index (χ0) is 18.1. The van der Waals surface area contributed by atoms with Crippen molar-refractivity contribution < 1.29 is 14.3 Å². The Balaban J connectivity index is 1.41. The van der Waals surface area contributed by atoms with Gasteiger partial charge in [0, 0.05) is 16.6 Å². The highest BCUT2D eigenvalue weighted by molar-refractivity contribution is 6.35. The number of carbonyl (C=O) groups is 1. The average molecular weight is 392 g/mol. The van der Waals surface area contributed by atoms with Gasteiger partial charge in [0.15, 0.2) is 11.5 Å². The summed E-state index contributed by atoms with van der Waals surface area (Å²) in [5, 5.41) is 4.29. The molecule has 2 aromatic carbocycles. The number of hydrogen-bond donors (Lipinski definition) is 1. The van der Waals surface area contributed by atoms with Crippen LogP contribution in [0.4, 0.5) is 0 Å². The second-order valence-electron chi connectivity index (χ2n) is 6.68. The number of halogens is 2. The van der Waals surface area contributed by atoms with E-state index in [1.807, 2.05) is 30.3 Å². The van der Waals surface area contributed by atoms with Crippen molar-refractivity contribution in [1.82, 2.24) is 5.32 Å². The Hall–Kier alpha value is -1.91. The molecule has 1 aliphatic heterocycles. The first kappa shape index (κ1) is 17.5. The van der Waals surface area contributed by atoms with Gasteiger partial charge in [0.25, 0.3) is 0 Å². The van der Waals surface area contributed by atoms with Crippen molar-refractivity contribution in [1.29, 1.82) is 0 Å². The van der Waals surface area contributed by atoms with Crippen LogP contribution in [0.15, 0.2) is 36.4 Å². The molecule has 1 fully saturated rings. The van der Waals surface area contributed by atoms with Gasteiger partial charge in [-0.15, -0.1) is 0 Å². The molecular weight excluding hydrogens is 373 g/mol. The number of fused-ring (bicyclic) bond motifs is 1. The fourth-order valence-electron chi connectivity index (χ4n) is 3.32. The number of amides is 1. The van der Waals surface area contributed by atoms with Gasteiger partial charge in [-0.05, 0) is 54.7 Å². The molecule has 2 aromatic rings. The maximum Gasteiger partial charge on any atom is 0.230 e. The maximum absolute atomic E-state index is 12.8. The van der Waals surface area contributed by atoms with Gasteiger partial charge < -0.3 is 14.8 Å². The van der Waals surface area contributed by atoms with Gasteiger partial charge in [-0.25, -0.2) is 0 Å². The number of hydrogen-bond acceptors (Lipinski definition) is 3. The zero-order valence-electron chi connectivity index (χ0n) is 14.2. The molecule has 1 aliphatic carbocycles. The molecule has 4 rings (SSSR count). The average Bonchev–Trinajstić information content (AvgIpc) is 3.45. The lowest BCUT2D eigenvalue weighted by molar-refractivity contribution is -0.123. The molecule has 136 valence electrons. The van der Waals surface area contributed by atoms with Gasteiger partial charge in [-0.3, -0.25) is 4.79 Å².